The molecular weight excluding hydrogens is 342 g/mol. The smallest absolute Gasteiger partial charge is 0.303 e. The fourth-order valence-electron chi connectivity index (χ4n) is 2.75. The Labute approximate surface area is 140 Å². The van der Waals surface area contributed by atoms with Crippen molar-refractivity contribution < 1.29 is 24.9 Å². The molecule has 2 unspecified atom stereocenters. The SMILES string of the molecule is Nc1nc(Cl)nc2c1ncn2[C@@H]1O[C@H](CCCC(=O)O)C(O)C1O. The lowest BCUT2D eigenvalue weighted by Gasteiger charge is -2.16. The van der Waals surface area contributed by atoms with Gasteiger partial charge in [0.2, 0.25) is 5.28 Å². The number of hydrogen-bond donors (Lipinski definition) is 4. The largest absolute Gasteiger partial charge is 0.481 e. The van der Waals surface area contributed by atoms with Gasteiger partial charge in [0.15, 0.2) is 17.7 Å². The molecule has 0 saturated carbocycles. The first kappa shape index (κ1) is 16.8. The molecule has 4 atom stereocenters. The van der Waals surface area contributed by atoms with Crippen LogP contribution in [0.5, 0.6) is 0 Å². The molecular formula is C13H16ClN5O5. The third kappa shape index (κ3) is 3.00. The minimum atomic E-state index is -1.23. The number of carboxylic acids is 1. The zero-order valence-corrected chi connectivity index (χ0v) is 13.2. The summed E-state index contributed by atoms with van der Waals surface area (Å²) in [7, 11) is 0. The number of nitrogens with zero attached hydrogens (tertiary/aromatic N) is 4. The Morgan fingerprint density at radius 1 is 1.38 bits per heavy atom. The van der Waals surface area contributed by atoms with Crippen molar-refractivity contribution in [1.29, 1.82) is 0 Å². The lowest BCUT2D eigenvalue weighted by Crippen LogP contribution is -2.31. The Kier molecular flexibility index (Phi) is 4.54. The van der Waals surface area contributed by atoms with Gasteiger partial charge in [-0.3, -0.25) is 9.36 Å². The monoisotopic (exact) mass is 357 g/mol. The Hall–Kier alpha value is -2.01. The van der Waals surface area contributed by atoms with Crippen LogP contribution in [0.1, 0.15) is 25.5 Å². The van der Waals surface area contributed by atoms with Gasteiger partial charge in [0, 0.05) is 6.42 Å². The number of aliphatic hydroxyl groups excluding tert-OH is 2. The van der Waals surface area contributed by atoms with E-state index in [1.165, 1.54) is 10.9 Å². The van der Waals surface area contributed by atoms with Crippen LogP contribution in [0.4, 0.5) is 5.82 Å². The summed E-state index contributed by atoms with van der Waals surface area (Å²) in [6, 6.07) is 0. The molecule has 0 aromatic carbocycles. The third-order valence-corrected chi connectivity index (χ3v) is 4.08. The topological polar surface area (TPSA) is 157 Å². The molecule has 1 aliphatic rings. The summed E-state index contributed by atoms with van der Waals surface area (Å²) < 4.78 is 7.11. The van der Waals surface area contributed by atoms with E-state index in [1.54, 1.807) is 0 Å². The van der Waals surface area contributed by atoms with Gasteiger partial charge in [-0.25, -0.2) is 4.98 Å². The third-order valence-electron chi connectivity index (χ3n) is 3.91. The number of carboxylic acid groups (broad SMARTS) is 1. The Morgan fingerprint density at radius 3 is 2.83 bits per heavy atom. The van der Waals surface area contributed by atoms with Crippen LogP contribution >= 0.6 is 11.6 Å². The van der Waals surface area contributed by atoms with Gasteiger partial charge >= 0.3 is 5.97 Å². The Balaban J connectivity index is 1.83. The average Bonchev–Trinajstić information content (AvgIpc) is 3.03. The number of imidazole rings is 1. The van der Waals surface area contributed by atoms with E-state index >= 15 is 0 Å². The summed E-state index contributed by atoms with van der Waals surface area (Å²) in [5.41, 5.74) is 6.31. The number of hydrogen-bond acceptors (Lipinski definition) is 8. The van der Waals surface area contributed by atoms with Gasteiger partial charge in [0.1, 0.15) is 17.7 Å². The first-order chi connectivity index (χ1) is 11.4. The predicted octanol–water partition coefficient (Wildman–Crippen LogP) is -0.0640. The molecule has 1 aliphatic heterocycles. The van der Waals surface area contributed by atoms with E-state index in [9.17, 15) is 15.0 Å². The van der Waals surface area contributed by atoms with Gasteiger partial charge in [-0.2, -0.15) is 9.97 Å². The second kappa shape index (κ2) is 6.48. The van der Waals surface area contributed by atoms with Crippen LogP contribution in [0.25, 0.3) is 11.2 Å². The molecule has 3 rings (SSSR count). The zero-order valence-electron chi connectivity index (χ0n) is 12.4. The predicted molar refractivity (Wildman–Crippen MR) is 82.2 cm³/mol. The minimum Gasteiger partial charge on any atom is -0.481 e. The number of aromatic nitrogens is 4. The highest BCUT2D eigenvalue weighted by Crippen LogP contribution is 2.34. The van der Waals surface area contributed by atoms with Crippen molar-refractivity contribution in [1.82, 2.24) is 19.5 Å². The van der Waals surface area contributed by atoms with E-state index < -0.39 is 30.5 Å². The van der Waals surface area contributed by atoms with Crippen LogP contribution < -0.4 is 5.73 Å². The van der Waals surface area contributed by atoms with Crippen molar-refractivity contribution in [3.05, 3.63) is 11.6 Å². The number of halogens is 1. The molecule has 3 heterocycles. The molecule has 1 fully saturated rings. The number of rotatable bonds is 5. The minimum absolute atomic E-state index is 0.0410. The molecule has 0 spiro atoms. The fraction of sp³-hybridized carbons (Fsp3) is 0.538. The molecule has 0 amide bonds. The molecule has 11 heteroatoms. The summed E-state index contributed by atoms with van der Waals surface area (Å²) >= 11 is 5.80. The van der Waals surface area contributed by atoms with Crippen molar-refractivity contribution in [2.45, 2.75) is 43.8 Å². The fourth-order valence-corrected chi connectivity index (χ4v) is 2.92. The summed E-state index contributed by atoms with van der Waals surface area (Å²) in [6.45, 7) is 0. The van der Waals surface area contributed by atoms with Crippen molar-refractivity contribution in [2.24, 2.45) is 0 Å². The standard InChI is InChI=1S/C13H16ClN5O5/c14-13-17-10(15)7-11(18-13)19(4-16-7)12-9(23)8(22)5(24-12)2-1-3-6(20)21/h4-5,8-9,12,22-23H,1-3H2,(H,20,21)(H2,15,17,18)/t5-,8?,9?,12-/m1/s1. The summed E-state index contributed by atoms with van der Waals surface area (Å²) in [5.74, 6) is -0.836. The maximum atomic E-state index is 10.6. The highest BCUT2D eigenvalue weighted by Gasteiger charge is 2.44. The lowest BCUT2D eigenvalue weighted by atomic mass is 10.0. The van der Waals surface area contributed by atoms with Gasteiger partial charge in [-0.15, -0.1) is 0 Å². The number of aliphatic hydroxyl groups is 2. The first-order valence-electron chi connectivity index (χ1n) is 7.27. The summed E-state index contributed by atoms with van der Waals surface area (Å²) in [6.07, 6.45) is -2.08. The van der Waals surface area contributed by atoms with Crippen LogP contribution in [-0.2, 0) is 9.53 Å². The molecule has 130 valence electrons. The van der Waals surface area contributed by atoms with E-state index in [2.05, 4.69) is 15.0 Å². The van der Waals surface area contributed by atoms with Crippen LogP contribution in [-0.4, -0.2) is 59.1 Å². The highest BCUT2D eigenvalue weighted by molar-refractivity contribution is 6.28. The molecule has 1 saturated heterocycles. The number of fused-ring (bicyclic) bond motifs is 1. The van der Waals surface area contributed by atoms with Crippen molar-refractivity contribution >= 4 is 34.6 Å². The maximum Gasteiger partial charge on any atom is 0.303 e. The molecule has 2 aromatic rings. The number of anilines is 1. The zero-order chi connectivity index (χ0) is 17.4. The maximum absolute atomic E-state index is 10.6. The van der Waals surface area contributed by atoms with E-state index in [0.717, 1.165) is 0 Å². The number of nitrogens with two attached hydrogens (primary N) is 1. The molecule has 0 bridgehead atoms. The van der Waals surface area contributed by atoms with Crippen molar-refractivity contribution in [2.75, 3.05) is 5.73 Å². The lowest BCUT2D eigenvalue weighted by molar-refractivity contribution is -0.137. The highest BCUT2D eigenvalue weighted by atomic mass is 35.5. The number of aliphatic carboxylic acids is 1. The van der Waals surface area contributed by atoms with Gasteiger partial charge in [-0.1, -0.05) is 0 Å². The molecule has 0 radical (unpaired) electrons. The molecule has 0 aliphatic carbocycles. The number of carbonyl (C=O) groups is 1. The van der Waals surface area contributed by atoms with Gasteiger partial charge in [-0.05, 0) is 24.4 Å². The van der Waals surface area contributed by atoms with E-state index in [4.69, 9.17) is 27.2 Å². The van der Waals surface area contributed by atoms with Crippen LogP contribution in [0.3, 0.4) is 0 Å². The summed E-state index contributed by atoms with van der Waals surface area (Å²) in [5, 5.41) is 29.0. The van der Waals surface area contributed by atoms with Crippen LogP contribution in [0, 0.1) is 0 Å². The molecule has 10 nitrogen and oxygen atoms in total. The van der Waals surface area contributed by atoms with Gasteiger partial charge in [0.25, 0.3) is 0 Å². The van der Waals surface area contributed by atoms with E-state index in [1.807, 2.05) is 0 Å². The van der Waals surface area contributed by atoms with Gasteiger partial charge < -0.3 is 25.8 Å². The normalized spacial score (nSPS) is 27.0. The second-order valence-corrected chi connectivity index (χ2v) is 5.87. The van der Waals surface area contributed by atoms with Crippen molar-refractivity contribution in [3.8, 4) is 0 Å². The number of nitrogen functional groups attached to an aromatic ring is 1. The summed E-state index contributed by atoms with van der Waals surface area (Å²) in [4.78, 5) is 22.5. The molecule has 2 aromatic heterocycles. The first-order valence-corrected chi connectivity index (χ1v) is 7.65. The second-order valence-electron chi connectivity index (χ2n) is 5.53. The van der Waals surface area contributed by atoms with Crippen LogP contribution in [0.2, 0.25) is 5.28 Å². The van der Waals surface area contributed by atoms with E-state index in [0.29, 0.717) is 18.4 Å². The van der Waals surface area contributed by atoms with Gasteiger partial charge in [0.05, 0.1) is 12.4 Å². The number of ether oxygens (including phenoxy) is 1. The molecule has 24 heavy (non-hydrogen) atoms. The molecule has 5 N–H and O–H groups in total. The Morgan fingerprint density at radius 2 is 2.12 bits per heavy atom. The Bertz CT molecular complexity index is 769. The van der Waals surface area contributed by atoms with Crippen LogP contribution in [0.15, 0.2) is 6.33 Å². The van der Waals surface area contributed by atoms with Crippen molar-refractivity contribution in [3.63, 3.8) is 0 Å². The van der Waals surface area contributed by atoms with E-state index in [-0.39, 0.29) is 23.2 Å². The quantitative estimate of drug-likeness (QED) is 0.538. The average molecular weight is 358 g/mol.